The number of pyridine rings is 3. The van der Waals surface area contributed by atoms with Gasteiger partial charge in [-0.1, -0.05) is 5.16 Å². The number of nitrogens with two attached hydrogens (primary N) is 1. The minimum Gasteiger partial charge on any atom is -0.364 e. The lowest BCUT2D eigenvalue weighted by atomic mass is 10.0. The molecule has 0 unspecified atom stereocenters. The summed E-state index contributed by atoms with van der Waals surface area (Å²) in [6.45, 7) is 0. The SMILES string of the molecule is NC(=O)c1ncccc1NC(=O)c1cc(-c2cccnc2)nc2onc(C3CC3)c12. The number of nitrogens with one attached hydrogen (secondary N) is 1. The van der Waals surface area contributed by atoms with E-state index in [-0.39, 0.29) is 23.0 Å². The molecule has 0 aromatic carbocycles. The lowest BCUT2D eigenvalue weighted by molar-refractivity contribution is 0.0996. The lowest BCUT2D eigenvalue weighted by Gasteiger charge is -2.10. The van der Waals surface area contributed by atoms with E-state index in [2.05, 4.69) is 25.4 Å². The van der Waals surface area contributed by atoms with E-state index in [1.165, 1.54) is 6.20 Å². The third kappa shape index (κ3) is 3.16. The average molecular weight is 400 g/mol. The highest BCUT2D eigenvalue weighted by Gasteiger charge is 2.32. The zero-order valence-corrected chi connectivity index (χ0v) is 15.7. The molecule has 5 rings (SSSR count). The first-order valence-electron chi connectivity index (χ1n) is 9.38. The molecule has 1 saturated carbocycles. The van der Waals surface area contributed by atoms with Gasteiger partial charge in [0.05, 0.1) is 28.0 Å². The monoisotopic (exact) mass is 400 g/mol. The molecule has 4 aromatic rings. The zero-order chi connectivity index (χ0) is 20.7. The molecule has 0 bridgehead atoms. The van der Waals surface area contributed by atoms with Gasteiger partial charge in [0.1, 0.15) is 0 Å². The number of primary amides is 1. The Hall–Kier alpha value is -4.14. The fourth-order valence-corrected chi connectivity index (χ4v) is 3.34. The Labute approximate surface area is 170 Å². The smallest absolute Gasteiger partial charge is 0.269 e. The summed E-state index contributed by atoms with van der Waals surface area (Å²) in [5.41, 5.74) is 8.21. The van der Waals surface area contributed by atoms with Crippen molar-refractivity contribution in [1.29, 1.82) is 0 Å². The Bertz CT molecular complexity index is 1280. The van der Waals surface area contributed by atoms with Gasteiger partial charge in [-0.05, 0) is 43.2 Å². The molecule has 1 fully saturated rings. The average Bonchev–Trinajstić information content (AvgIpc) is 3.52. The number of nitrogens with zero attached hydrogens (tertiary/aromatic N) is 4. The second kappa shape index (κ2) is 7.03. The zero-order valence-electron chi connectivity index (χ0n) is 15.7. The summed E-state index contributed by atoms with van der Waals surface area (Å²) >= 11 is 0. The minimum absolute atomic E-state index is 0.0173. The molecule has 30 heavy (non-hydrogen) atoms. The van der Waals surface area contributed by atoms with Gasteiger partial charge in [-0.3, -0.25) is 14.6 Å². The Kier molecular flexibility index (Phi) is 4.20. The van der Waals surface area contributed by atoms with Crippen molar-refractivity contribution < 1.29 is 14.1 Å². The second-order valence-corrected chi connectivity index (χ2v) is 7.04. The van der Waals surface area contributed by atoms with Crippen molar-refractivity contribution in [3.05, 3.63) is 65.9 Å². The molecule has 4 heterocycles. The number of carbonyl (C=O) groups is 2. The van der Waals surface area contributed by atoms with E-state index in [0.717, 1.165) is 24.1 Å². The number of hydrogen-bond donors (Lipinski definition) is 2. The molecule has 148 valence electrons. The van der Waals surface area contributed by atoms with Crippen LogP contribution in [0, 0.1) is 0 Å². The third-order valence-corrected chi connectivity index (χ3v) is 4.93. The van der Waals surface area contributed by atoms with Crippen LogP contribution in [-0.4, -0.2) is 31.9 Å². The highest BCUT2D eigenvalue weighted by molar-refractivity contribution is 6.14. The number of amides is 2. The van der Waals surface area contributed by atoms with Gasteiger partial charge in [-0.25, -0.2) is 9.97 Å². The van der Waals surface area contributed by atoms with Crippen LogP contribution < -0.4 is 11.1 Å². The van der Waals surface area contributed by atoms with Gasteiger partial charge >= 0.3 is 0 Å². The highest BCUT2D eigenvalue weighted by atomic mass is 16.5. The number of carbonyl (C=O) groups excluding carboxylic acids is 2. The van der Waals surface area contributed by atoms with Gasteiger partial charge in [0.15, 0.2) is 5.69 Å². The Morgan fingerprint density at radius 1 is 1.17 bits per heavy atom. The first kappa shape index (κ1) is 17.9. The van der Waals surface area contributed by atoms with Crippen molar-refractivity contribution in [3.63, 3.8) is 0 Å². The maximum Gasteiger partial charge on any atom is 0.269 e. The van der Waals surface area contributed by atoms with E-state index < -0.39 is 11.8 Å². The molecule has 9 heteroatoms. The Morgan fingerprint density at radius 3 is 2.73 bits per heavy atom. The van der Waals surface area contributed by atoms with Crippen molar-refractivity contribution in [3.8, 4) is 11.3 Å². The van der Waals surface area contributed by atoms with Crippen LogP contribution in [0.2, 0.25) is 0 Å². The highest BCUT2D eigenvalue weighted by Crippen LogP contribution is 2.43. The largest absolute Gasteiger partial charge is 0.364 e. The number of aromatic nitrogens is 4. The summed E-state index contributed by atoms with van der Waals surface area (Å²) in [4.78, 5) is 37.5. The molecule has 0 spiro atoms. The molecule has 0 saturated heterocycles. The fraction of sp³-hybridized carbons (Fsp3) is 0.143. The second-order valence-electron chi connectivity index (χ2n) is 7.04. The Morgan fingerprint density at radius 2 is 2.00 bits per heavy atom. The number of anilines is 1. The Balaban J connectivity index is 1.64. The molecule has 0 aliphatic heterocycles. The molecule has 1 aliphatic carbocycles. The van der Waals surface area contributed by atoms with Crippen LogP contribution in [0.1, 0.15) is 45.3 Å². The van der Waals surface area contributed by atoms with Gasteiger partial charge in [0.25, 0.3) is 17.5 Å². The lowest BCUT2D eigenvalue weighted by Crippen LogP contribution is -2.20. The fourth-order valence-electron chi connectivity index (χ4n) is 3.34. The standard InChI is InChI=1S/C21H16N6O3/c22-19(28)18-14(4-2-8-24-18)25-20(29)13-9-15(12-3-1-7-23-10-12)26-21-16(13)17(27-30-21)11-5-6-11/h1-4,7-11H,5-6H2,(H2,22,28)(H,25,29). The van der Waals surface area contributed by atoms with Crippen molar-refractivity contribution in [2.45, 2.75) is 18.8 Å². The van der Waals surface area contributed by atoms with Crippen LogP contribution in [0.5, 0.6) is 0 Å². The summed E-state index contributed by atoms with van der Waals surface area (Å²) in [5, 5.41) is 7.48. The molecule has 1 aliphatic rings. The predicted octanol–water partition coefficient (Wildman–Crippen LogP) is 2.91. The summed E-state index contributed by atoms with van der Waals surface area (Å²) in [6, 6.07) is 8.48. The summed E-state index contributed by atoms with van der Waals surface area (Å²) in [6.07, 6.45) is 6.72. The van der Waals surface area contributed by atoms with Crippen LogP contribution in [0.3, 0.4) is 0 Å². The third-order valence-electron chi connectivity index (χ3n) is 4.93. The van der Waals surface area contributed by atoms with Gasteiger partial charge in [0, 0.05) is 30.1 Å². The van der Waals surface area contributed by atoms with E-state index >= 15 is 0 Å². The van der Waals surface area contributed by atoms with Crippen LogP contribution in [0.25, 0.3) is 22.4 Å². The molecule has 2 amide bonds. The summed E-state index contributed by atoms with van der Waals surface area (Å²) in [5.74, 6) is -0.915. The quantitative estimate of drug-likeness (QED) is 0.525. The topological polar surface area (TPSA) is 137 Å². The van der Waals surface area contributed by atoms with Crippen LogP contribution in [0.4, 0.5) is 5.69 Å². The van der Waals surface area contributed by atoms with Gasteiger partial charge < -0.3 is 15.6 Å². The van der Waals surface area contributed by atoms with Crippen molar-refractivity contribution in [1.82, 2.24) is 20.1 Å². The van der Waals surface area contributed by atoms with Crippen molar-refractivity contribution >= 4 is 28.6 Å². The molecular formula is C21H16N6O3. The van der Waals surface area contributed by atoms with E-state index in [4.69, 9.17) is 10.3 Å². The molecule has 4 aromatic heterocycles. The summed E-state index contributed by atoms with van der Waals surface area (Å²) in [7, 11) is 0. The van der Waals surface area contributed by atoms with E-state index in [1.807, 2.05) is 6.07 Å². The molecule has 0 radical (unpaired) electrons. The first-order valence-corrected chi connectivity index (χ1v) is 9.38. The molecule has 9 nitrogen and oxygen atoms in total. The van der Waals surface area contributed by atoms with Crippen LogP contribution in [0.15, 0.2) is 53.4 Å². The van der Waals surface area contributed by atoms with E-state index in [0.29, 0.717) is 16.6 Å². The van der Waals surface area contributed by atoms with Gasteiger partial charge in [-0.15, -0.1) is 0 Å². The molecule has 3 N–H and O–H groups in total. The minimum atomic E-state index is -0.731. The maximum atomic E-state index is 13.3. The number of hydrogen-bond acceptors (Lipinski definition) is 7. The number of fused-ring (bicyclic) bond motifs is 1. The van der Waals surface area contributed by atoms with Gasteiger partial charge in [0.2, 0.25) is 0 Å². The normalized spacial score (nSPS) is 13.3. The van der Waals surface area contributed by atoms with Crippen molar-refractivity contribution in [2.24, 2.45) is 5.73 Å². The summed E-state index contributed by atoms with van der Waals surface area (Å²) < 4.78 is 5.47. The van der Waals surface area contributed by atoms with Crippen LogP contribution in [-0.2, 0) is 0 Å². The van der Waals surface area contributed by atoms with Crippen LogP contribution >= 0.6 is 0 Å². The van der Waals surface area contributed by atoms with Crippen molar-refractivity contribution in [2.75, 3.05) is 5.32 Å². The first-order chi connectivity index (χ1) is 14.6. The molecular weight excluding hydrogens is 384 g/mol. The maximum absolute atomic E-state index is 13.3. The van der Waals surface area contributed by atoms with E-state index in [9.17, 15) is 9.59 Å². The van der Waals surface area contributed by atoms with E-state index in [1.54, 1.807) is 36.7 Å². The number of rotatable bonds is 5. The predicted molar refractivity (Wildman–Crippen MR) is 108 cm³/mol. The molecule has 0 atom stereocenters. The van der Waals surface area contributed by atoms with Gasteiger partial charge in [-0.2, -0.15) is 0 Å².